The first kappa shape index (κ1) is 10.4. The van der Waals surface area contributed by atoms with Crippen molar-refractivity contribution in [1.29, 1.82) is 0 Å². The quantitative estimate of drug-likeness (QED) is 0.875. The lowest BCUT2D eigenvalue weighted by Crippen LogP contribution is -1.94. The molecule has 0 amide bonds. The molecule has 0 aliphatic carbocycles. The van der Waals surface area contributed by atoms with E-state index in [1.54, 1.807) is 6.07 Å². The van der Waals surface area contributed by atoms with Crippen LogP contribution in [0.2, 0.25) is 5.15 Å². The van der Waals surface area contributed by atoms with Gasteiger partial charge in [0.05, 0.1) is 11.4 Å². The lowest BCUT2D eigenvalue weighted by molar-refractivity contribution is 1.04. The second-order valence-corrected chi connectivity index (χ2v) is 4.17. The van der Waals surface area contributed by atoms with Gasteiger partial charge in [-0.25, -0.2) is 0 Å². The van der Waals surface area contributed by atoms with Gasteiger partial charge in [0.25, 0.3) is 0 Å². The Labute approximate surface area is 100 Å². The molecule has 0 radical (unpaired) electrons. The van der Waals surface area contributed by atoms with Gasteiger partial charge in [0.1, 0.15) is 0 Å². The molecule has 0 atom stereocenters. The third kappa shape index (κ3) is 2.11. The Morgan fingerprint density at radius 3 is 2.60 bits per heavy atom. The van der Waals surface area contributed by atoms with Gasteiger partial charge >= 0.3 is 0 Å². The van der Waals surface area contributed by atoms with Gasteiger partial charge in [-0.15, -0.1) is 10.2 Å². The third-order valence-electron chi connectivity index (χ3n) is 1.93. The van der Waals surface area contributed by atoms with E-state index in [0.717, 1.165) is 10.0 Å². The topological polar surface area (TPSA) is 51.8 Å². The SMILES string of the molecule is Nc1cc(-c2ccccc2Br)nnc1Cl. The zero-order chi connectivity index (χ0) is 10.8. The van der Waals surface area contributed by atoms with Crippen molar-refractivity contribution in [3.63, 3.8) is 0 Å². The molecule has 0 aliphatic rings. The minimum atomic E-state index is 0.228. The number of hydrogen-bond acceptors (Lipinski definition) is 3. The van der Waals surface area contributed by atoms with E-state index in [-0.39, 0.29) is 5.15 Å². The highest BCUT2D eigenvalue weighted by atomic mass is 79.9. The molecule has 0 bridgehead atoms. The van der Waals surface area contributed by atoms with E-state index in [0.29, 0.717) is 11.4 Å². The second kappa shape index (κ2) is 4.16. The van der Waals surface area contributed by atoms with Crippen molar-refractivity contribution in [2.75, 3.05) is 5.73 Å². The summed E-state index contributed by atoms with van der Waals surface area (Å²) in [6, 6.07) is 9.42. The monoisotopic (exact) mass is 283 g/mol. The normalized spacial score (nSPS) is 10.3. The highest BCUT2D eigenvalue weighted by Crippen LogP contribution is 2.28. The Morgan fingerprint density at radius 2 is 1.93 bits per heavy atom. The number of nitrogens with two attached hydrogens (primary N) is 1. The Hall–Kier alpha value is -1.13. The molecule has 0 spiro atoms. The summed E-state index contributed by atoms with van der Waals surface area (Å²) in [4.78, 5) is 0. The predicted molar refractivity (Wildman–Crippen MR) is 64.6 cm³/mol. The molecule has 5 heteroatoms. The average molecular weight is 285 g/mol. The molecule has 2 rings (SSSR count). The van der Waals surface area contributed by atoms with Crippen LogP contribution in [0, 0.1) is 0 Å². The average Bonchev–Trinajstić information content (AvgIpc) is 2.23. The van der Waals surface area contributed by atoms with Crippen molar-refractivity contribution >= 4 is 33.2 Å². The first-order chi connectivity index (χ1) is 7.18. The van der Waals surface area contributed by atoms with Gasteiger partial charge in [0.2, 0.25) is 0 Å². The van der Waals surface area contributed by atoms with Gasteiger partial charge in [0.15, 0.2) is 5.15 Å². The van der Waals surface area contributed by atoms with Crippen LogP contribution in [-0.2, 0) is 0 Å². The van der Waals surface area contributed by atoms with E-state index < -0.39 is 0 Å². The van der Waals surface area contributed by atoms with E-state index in [9.17, 15) is 0 Å². The Kier molecular flexibility index (Phi) is 2.88. The highest BCUT2D eigenvalue weighted by Gasteiger charge is 2.06. The number of hydrogen-bond donors (Lipinski definition) is 1. The van der Waals surface area contributed by atoms with Gasteiger partial charge in [-0.1, -0.05) is 45.7 Å². The number of benzene rings is 1. The molecule has 1 aromatic heterocycles. The highest BCUT2D eigenvalue weighted by molar-refractivity contribution is 9.10. The van der Waals surface area contributed by atoms with E-state index >= 15 is 0 Å². The Balaban J connectivity index is 2.55. The van der Waals surface area contributed by atoms with E-state index in [1.807, 2.05) is 24.3 Å². The van der Waals surface area contributed by atoms with Gasteiger partial charge < -0.3 is 5.73 Å². The Bertz CT molecular complexity index is 502. The number of nitrogen functional groups attached to an aromatic ring is 1. The molecular weight excluding hydrogens is 277 g/mol. The number of halogens is 2. The largest absolute Gasteiger partial charge is 0.396 e. The molecule has 3 nitrogen and oxygen atoms in total. The minimum Gasteiger partial charge on any atom is -0.396 e. The van der Waals surface area contributed by atoms with Crippen molar-refractivity contribution in [3.8, 4) is 11.3 Å². The molecule has 2 aromatic rings. The van der Waals surface area contributed by atoms with Gasteiger partial charge in [0, 0.05) is 10.0 Å². The van der Waals surface area contributed by atoms with Crippen LogP contribution in [-0.4, -0.2) is 10.2 Å². The smallest absolute Gasteiger partial charge is 0.174 e. The van der Waals surface area contributed by atoms with Crippen molar-refractivity contribution in [3.05, 3.63) is 40.0 Å². The lowest BCUT2D eigenvalue weighted by Gasteiger charge is -2.03. The lowest BCUT2D eigenvalue weighted by atomic mass is 10.1. The summed E-state index contributed by atoms with van der Waals surface area (Å²) in [6.07, 6.45) is 0. The number of anilines is 1. The van der Waals surface area contributed by atoms with E-state index in [2.05, 4.69) is 26.1 Å². The molecular formula is C10H7BrClN3. The maximum Gasteiger partial charge on any atom is 0.174 e. The summed E-state index contributed by atoms with van der Waals surface area (Å²) in [6.45, 7) is 0. The van der Waals surface area contributed by atoms with Crippen LogP contribution >= 0.6 is 27.5 Å². The fourth-order valence-corrected chi connectivity index (χ4v) is 1.77. The predicted octanol–water partition coefficient (Wildman–Crippen LogP) is 3.14. The molecule has 0 fully saturated rings. The van der Waals surface area contributed by atoms with Crippen molar-refractivity contribution in [2.45, 2.75) is 0 Å². The summed E-state index contributed by atoms with van der Waals surface area (Å²) in [5.74, 6) is 0. The first-order valence-electron chi connectivity index (χ1n) is 4.22. The van der Waals surface area contributed by atoms with Crippen LogP contribution in [0.1, 0.15) is 0 Å². The fraction of sp³-hybridized carbons (Fsp3) is 0. The zero-order valence-corrected chi connectivity index (χ0v) is 9.96. The first-order valence-corrected chi connectivity index (χ1v) is 5.39. The molecule has 0 unspecified atom stereocenters. The zero-order valence-electron chi connectivity index (χ0n) is 7.61. The van der Waals surface area contributed by atoms with Crippen LogP contribution in [0.4, 0.5) is 5.69 Å². The molecule has 1 aromatic carbocycles. The molecule has 1 heterocycles. The van der Waals surface area contributed by atoms with Gasteiger partial charge in [-0.05, 0) is 12.1 Å². The van der Waals surface area contributed by atoms with Crippen molar-refractivity contribution in [1.82, 2.24) is 10.2 Å². The number of aromatic nitrogens is 2. The molecule has 0 saturated heterocycles. The summed E-state index contributed by atoms with van der Waals surface area (Å²) < 4.78 is 0.945. The van der Waals surface area contributed by atoms with Crippen molar-refractivity contribution < 1.29 is 0 Å². The molecule has 15 heavy (non-hydrogen) atoms. The van der Waals surface area contributed by atoms with Gasteiger partial charge in [-0.3, -0.25) is 0 Å². The number of nitrogens with zero attached hydrogens (tertiary/aromatic N) is 2. The van der Waals surface area contributed by atoms with Crippen LogP contribution in [0.5, 0.6) is 0 Å². The molecule has 0 aliphatic heterocycles. The standard InChI is InChI=1S/C10H7BrClN3/c11-7-4-2-1-3-6(7)9-5-8(13)10(12)15-14-9/h1-5H,(H2,13,14). The molecule has 76 valence electrons. The summed E-state index contributed by atoms with van der Waals surface area (Å²) in [5, 5.41) is 7.97. The van der Waals surface area contributed by atoms with Crippen LogP contribution in [0.3, 0.4) is 0 Å². The third-order valence-corrected chi connectivity index (χ3v) is 2.91. The maximum absolute atomic E-state index is 5.70. The van der Waals surface area contributed by atoms with E-state index in [4.69, 9.17) is 17.3 Å². The Morgan fingerprint density at radius 1 is 1.20 bits per heavy atom. The minimum absolute atomic E-state index is 0.228. The molecule has 2 N–H and O–H groups in total. The van der Waals surface area contributed by atoms with Crippen molar-refractivity contribution in [2.24, 2.45) is 0 Å². The summed E-state index contributed by atoms with van der Waals surface area (Å²) in [5.41, 5.74) is 7.72. The molecule has 0 saturated carbocycles. The summed E-state index contributed by atoms with van der Waals surface area (Å²) >= 11 is 9.13. The summed E-state index contributed by atoms with van der Waals surface area (Å²) in [7, 11) is 0. The second-order valence-electron chi connectivity index (χ2n) is 2.96. The maximum atomic E-state index is 5.70. The van der Waals surface area contributed by atoms with Crippen LogP contribution < -0.4 is 5.73 Å². The van der Waals surface area contributed by atoms with Crippen LogP contribution in [0.25, 0.3) is 11.3 Å². The van der Waals surface area contributed by atoms with Crippen LogP contribution in [0.15, 0.2) is 34.8 Å². The van der Waals surface area contributed by atoms with Gasteiger partial charge in [-0.2, -0.15) is 0 Å². The fourth-order valence-electron chi connectivity index (χ4n) is 1.19. The number of rotatable bonds is 1. The van der Waals surface area contributed by atoms with E-state index in [1.165, 1.54) is 0 Å².